The van der Waals surface area contributed by atoms with Crippen LogP contribution in [0.25, 0.3) is 0 Å². The molecule has 1 aromatic carbocycles. The van der Waals surface area contributed by atoms with E-state index in [0.717, 1.165) is 5.56 Å². The molecule has 1 rings (SSSR count). The number of benzene rings is 1. The smallest absolute Gasteiger partial charge is 0.326 e. The van der Waals surface area contributed by atoms with E-state index in [-0.39, 0.29) is 0 Å². The van der Waals surface area contributed by atoms with Crippen LogP contribution in [0.4, 0.5) is 0 Å². The maximum atomic E-state index is 10.5. The molecule has 1 aromatic rings. The summed E-state index contributed by atoms with van der Waals surface area (Å²) in [6.07, 6.45) is 2.04. The van der Waals surface area contributed by atoms with Crippen molar-refractivity contribution in [1.29, 1.82) is 0 Å². The number of rotatable bonds is 5. The number of hydrogen-bond donors (Lipinski definition) is 1. The summed E-state index contributed by atoms with van der Waals surface area (Å²) in [6.45, 7) is 2.60. The Balaban J connectivity index is 2.38. The van der Waals surface area contributed by atoms with Crippen molar-refractivity contribution in [2.45, 2.75) is 26.1 Å². The van der Waals surface area contributed by atoms with Gasteiger partial charge in [0.2, 0.25) is 0 Å². The van der Waals surface area contributed by atoms with Gasteiger partial charge in [0, 0.05) is 13.8 Å². The van der Waals surface area contributed by atoms with E-state index >= 15 is 0 Å². The summed E-state index contributed by atoms with van der Waals surface area (Å²) < 4.78 is 0. The quantitative estimate of drug-likeness (QED) is 0.357. The molecule has 0 aliphatic heterocycles. The predicted octanol–water partition coefficient (Wildman–Crippen LogP) is 1.64. The van der Waals surface area contributed by atoms with Gasteiger partial charge in [-0.3, -0.25) is 4.89 Å². The van der Waals surface area contributed by atoms with Gasteiger partial charge in [0.15, 0.2) is 0 Å². The normalized spacial score (nSPS) is 13.9. The molecule has 0 fully saturated rings. The Bertz CT molecular complexity index is 332. The maximum absolute atomic E-state index is 10.5. The van der Waals surface area contributed by atoms with Crippen LogP contribution in [0.2, 0.25) is 0 Å². The Kier molecular flexibility index (Phi) is 4.34. The first-order chi connectivity index (χ1) is 7.49. The summed E-state index contributed by atoms with van der Waals surface area (Å²) in [6, 6.07) is 9.59. The fourth-order valence-electron chi connectivity index (χ4n) is 1.10. The minimum Gasteiger partial charge on any atom is -0.326 e. The first kappa shape index (κ1) is 12.5. The summed E-state index contributed by atoms with van der Waals surface area (Å²) >= 11 is 0. The average Bonchev–Trinajstić information content (AvgIpc) is 2.26. The fourth-order valence-corrected chi connectivity index (χ4v) is 1.10. The maximum Gasteiger partial charge on any atom is 0.350 e. The minimum atomic E-state index is -1.58. The van der Waals surface area contributed by atoms with Crippen LogP contribution >= 0.6 is 0 Å². The van der Waals surface area contributed by atoms with Crippen molar-refractivity contribution in [1.82, 2.24) is 0 Å². The third-order valence-corrected chi connectivity index (χ3v) is 1.89. The fraction of sp³-hybridized carbons (Fsp3) is 0.333. The van der Waals surface area contributed by atoms with Gasteiger partial charge in [-0.05, 0) is 5.56 Å². The Morgan fingerprint density at radius 3 is 2.62 bits per heavy atom. The van der Waals surface area contributed by atoms with Crippen molar-refractivity contribution in [2.75, 3.05) is 0 Å². The third-order valence-electron chi connectivity index (χ3n) is 1.89. The molecule has 1 unspecified atom stereocenters. The minimum absolute atomic E-state index is 0.523. The van der Waals surface area contributed by atoms with E-state index in [0.29, 0.717) is 6.42 Å². The van der Waals surface area contributed by atoms with Crippen molar-refractivity contribution in [3.63, 3.8) is 0 Å². The lowest BCUT2D eigenvalue weighted by molar-refractivity contribution is -0.374. The summed E-state index contributed by atoms with van der Waals surface area (Å²) in [5, 5.41) is 9.67. The molecule has 0 aromatic heterocycles. The molecular formula is C12H15O4+. The van der Waals surface area contributed by atoms with Crippen LogP contribution in [-0.4, -0.2) is 16.9 Å². The van der Waals surface area contributed by atoms with Crippen molar-refractivity contribution >= 4 is 5.97 Å². The SMILES string of the molecule is CC(=O)OOC(C)(O)[CH+]Cc1ccccc1. The van der Waals surface area contributed by atoms with Crippen molar-refractivity contribution < 1.29 is 19.7 Å². The molecule has 4 nitrogen and oxygen atoms in total. The zero-order valence-corrected chi connectivity index (χ0v) is 9.34. The number of carbonyl (C=O) groups excluding carboxylic acids is 1. The van der Waals surface area contributed by atoms with E-state index in [1.165, 1.54) is 20.3 Å². The lowest BCUT2D eigenvalue weighted by Gasteiger charge is -2.12. The molecule has 4 heteroatoms. The van der Waals surface area contributed by atoms with E-state index in [4.69, 9.17) is 0 Å². The van der Waals surface area contributed by atoms with Crippen LogP contribution in [0.5, 0.6) is 0 Å². The molecule has 0 radical (unpaired) electrons. The molecule has 0 spiro atoms. The molecular weight excluding hydrogens is 208 g/mol. The highest BCUT2D eigenvalue weighted by Gasteiger charge is 2.33. The second kappa shape index (κ2) is 5.53. The first-order valence-corrected chi connectivity index (χ1v) is 4.96. The average molecular weight is 223 g/mol. The predicted molar refractivity (Wildman–Crippen MR) is 57.9 cm³/mol. The van der Waals surface area contributed by atoms with E-state index in [2.05, 4.69) is 9.78 Å². The van der Waals surface area contributed by atoms with E-state index in [1.54, 1.807) is 0 Å². The topological polar surface area (TPSA) is 55.8 Å². The molecule has 0 saturated heterocycles. The molecule has 0 amide bonds. The highest BCUT2D eigenvalue weighted by molar-refractivity contribution is 5.65. The second-order valence-electron chi connectivity index (χ2n) is 3.61. The standard InChI is InChI=1S/C12H15O4/c1-10(13)15-16-12(2,14)9-8-11-6-4-3-5-7-11/h3-7,9,14H,8H2,1-2H3/q+1. The Morgan fingerprint density at radius 2 is 2.06 bits per heavy atom. The first-order valence-electron chi connectivity index (χ1n) is 4.96. The van der Waals surface area contributed by atoms with E-state index in [9.17, 15) is 9.90 Å². The number of aliphatic hydroxyl groups is 1. The van der Waals surface area contributed by atoms with Crippen molar-refractivity contribution in [3.05, 3.63) is 42.3 Å². The van der Waals surface area contributed by atoms with Crippen LogP contribution in [-0.2, 0) is 21.0 Å². The molecule has 0 heterocycles. The molecule has 0 aliphatic carbocycles. The van der Waals surface area contributed by atoms with Gasteiger partial charge in [-0.25, -0.2) is 4.79 Å². The molecule has 16 heavy (non-hydrogen) atoms. The largest absolute Gasteiger partial charge is 0.350 e. The van der Waals surface area contributed by atoms with Gasteiger partial charge in [-0.2, -0.15) is 0 Å². The number of hydrogen-bond acceptors (Lipinski definition) is 4. The van der Waals surface area contributed by atoms with Crippen molar-refractivity contribution in [3.8, 4) is 0 Å². The molecule has 86 valence electrons. The molecule has 1 N–H and O–H groups in total. The Labute approximate surface area is 94.7 Å². The van der Waals surface area contributed by atoms with Gasteiger partial charge in [-0.15, -0.1) is 4.89 Å². The lowest BCUT2D eigenvalue weighted by atomic mass is 10.1. The van der Waals surface area contributed by atoms with Crippen molar-refractivity contribution in [2.24, 2.45) is 0 Å². The summed E-state index contributed by atoms with van der Waals surface area (Å²) in [4.78, 5) is 19.3. The molecule has 0 aliphatic rings. The highest BCUT2D eigenvalue weighted by Crippen LogP contribution is 2.14. The zero-order chi connectivity index (χ0) is 12.0. The molecule has 1 atom stereocenters. The second-order valence-corrected chi connectivity index (χ2v) is 3.61. The highest BCUT2D eigenvalue weighted by atomic mass is 17.2. The van der Waals surface area contributed by atoms with Gasteiger partial charge in [-0.1, -0.05) is 30.3 Å². The van der Waals surface area contributed by atoms with Gasteiger partial charge in [0.1, 0.15) is 12.8 Å². The Morgan fingerprint density at radius 1 is 1.44 bits per heavy atom. The van der Waals surface area contributed by atoms with Gasteiger partial charge < -0.3 is 5.11 Å². The van der Waals surface area contributed by atoms with Crippen LogP contribution < -0.4 is 0 Å². The van der Waals surface area contributed by atoms with Crippen LogP contribution in [0.15, 0.2) is 30.3 Å². The van der Waals surface area contributed by atoms with Gasteiger partial charge in [0.25, 0.3) is 0 Å². The summed E-state index contributed by atoms with van der Waals surface area (Å²) in [7, 11) is 0. The summed E-state index contributed by atoms with van der Waals surface area (Å²) in [5.74, 6) is -2.19. The van der Waals surface area contributed by atoms with Crippen LogP contribution in [0.3, 0.4) is 0 Å². The zero-order valence-electron chi connectivity index (χ0n) is 9.34. The van der Waals surface area contributed by atoms with E-state index < -0.39 is 11.8 Å². The summed E-state index contributed by atoms with van der Waals surface area (Å²) in [5.41, 5.74) is 1.04. The van der Waals surface area contributed by atoms with Crippen LogP contribution in [0, 0.1) is 6.42 Å². The molecule has 0 bridgehead atoms. The number of carbonyl (C=O) groups is 1. The Hall–Kier alpha value is -1.52. The molecule has 0 saturated carbocycles. The van der Waals surface area contributed by atoms with E-state index in [1.807, 2.05) is 30.3 Å². The van der Waals surface area contributed by atoms with Gasteiger partial charge in [0.05, 0.1) is 0 Å². The monoisotopic (exact) mass is 223 g/mol. The van der Waals surface area contributed by atoms with Crippen LogP contribution in [0.1, 0.15) is 19.4 Å². The third kappa shape index (κ3) is 4.82. The lowest BCUT2D eigenvalue weighted by Crippen LogP contribution is -2.30. The van der Waals surface area contributed by atoms with Gasteiger partial charge >= 0.3 is 11.8 Å².